The molecule has 0 bridgehead atoms. The van der Waals surface area contributed by atoms with Gasteiger partial charge in [-0.1, -0.05) is 89.8 Å². The molecule has 3 saturated carbocycles. The normalized spacial score (nSPS) is 41.7. The molecule has 0 aromatic rings. The molecule has 0 N–H and O–H groups in total. The Labute approximate surface area is 317 Å². The van der Waals surface area contributed by atoms with Crippen molar-refractivity contribution in [3.8, 4) is 0 Å². The molecule has 4 heteroatoms. The van der Waals surface area contributed by atoms with Crippen LogP contribution in [0.5, 0.6) is 0 Å². The summed E-state index contributed by atoms with van der Waals surface area (Å²) in [5.74, 6) is 3.97. The van der Waals surface area contributed by atoms with Gasteiger partial charge < -0.3 is 9.47 Å². The number of fused-ring (bicyclic) bond motifs is 6. The summed E-state index contributed by atoms with van der Waals surface area (Å²) in [7, 11) is 0. The molecule has 0 saturated heterocycles. The number of rotatable bonds is 8. The van der Waals surface area contributed by atoms with E-state index >= 15 is 0 Å². The Morgan fingerprint density at radius 1 is 0.615 bits per heavy atom. The maximum Gasteiger partial charge on any atom is 0.312 e. The van der Waals surface area contributed by atoms with E-state index in [4.69, 9.17) is 9.47 Å². The fourth-order valence-electron chi connectivity index (χ4n) is 13.5. The fraction of sp³-hybridized carbons (Fsp3) is 0.792. The second-order valence-electron chi connectivity index (χ2n) is 20.6. The number of esters is 2. The Kier molecular flexibility index (Phi) is 10.7. The lowest BCUT2D eigenvalue weighted by Gasteiger charge is -2.57. The molecule has 7 aliphatic rings. The number of carbonyl (C=O) groups is 2. The molecule has 3 fully saturated rings. The molecule has 7 aliphatic carbocycles. The first-order valence-corrected chi connectivity index (χ1v) is 21.8. The van der Waals surface area contributed by atoms with Gasteiger partial charge in [-0.05, 0) is 173 Å². The molecule has 0 spiro atoms. The first-order valence-electron chi connectivity index (χ1n) is 21.8. The lowest BCUT2D eigenvalue weighted by atomic mass is 9.47. The van der Waals surface area contributed by atoms with E-state index in [0.717, 1.165) is 64.2 Å². The van der Waals surface area contributed by atoms with E-state index in [1.807, 2.05) is 0 Å². The third-order valence-electron chi connectivity index (χ3n) is 17.0. The maximum atomic E-state index is 14.0. The zero-order valence-corrected chi connectivity index (χ0v) is 34.3. The van der Waals surface area contributed by atoms with Gasteiger partial charge in [0.1, 0.15) is 0 Å². The molecule has 0 radical (unpaired) electrons. The predicted octanol–water partition coefficient (Wildman–Crippen LogP) is 12.1. The zero-order valence-electron chi connectivity index (χ0n) is 34.3. The first kappa shape index (κ1) is 38.2. The molecule has 0 aromatic heterocycles. The molecular formula is C48H72O4. The Morgan fingerprint density at radius 3 is 1.37 bits per heavy atom. The number of allylic oxidation sites excluding steroid dienone is 8. The number of carbonyl (C=O) groups excluding carboxylic acids is 2. The topological polar surface area (TPSA) is 52.6 Å². The second-order valence-corrected chi connectivity index (χ2v) is 20.6. The highest BCUT2D eigenvalue weighted by Gasteiger charge is 2.59. The van der Waals surface area contributed by atoms with E-state index < -0.39 is 10.8 Å². The predicted molar refractivity (Wildman–Crippen MR) is 211 cm³/mol. The molecule has 4 nitrogen and oxygen atoms in total. The molecule has 8 atom stereocenters. The monoisotopic (exact) mass is 713 g/mol. The lowest BCUT2D eigenvalue weighted by Crippen LogP contribution is -2.53. The number of ether oxygens (including phenoxy) is 2. The summed E-state index contributed by atoms with van der Waals surface area (Å²) in [5.41, 5.74) is 5.79. The van der Waals surface area contributed by atoms with Crippen molar-refractivity contribution in [2.75, 3.05) is 13.2 Å². The van der Waals surface area contributed by atoms with Crippen LogP contribution in [-0.4, -0.2) is 25.2 Å². The van der Waals surface area contributed by atoms with Gasteiger partial charge in [-0.25, -0.2) is 0 Å². The van der Waals surface area contributed by atoms with Crippen molar-refractivity contribution in [2.45, 2.75) is 158 Å². The SMILES string of the molecule is CC(C)C1=CC2=CCC3C(C)(C(=O)OCC4CCC(COC(=O)C5(C)CCCC6(C)C7CCC(C(C)C)=CC7=CCC56)CC4)CCCC3(C)C2CC1. The van der Waals surface area contributed by atoms with Crippen molar-refractivity contribution in [2.24, 2.45) is 69.0 Å². The summed E-state index contributed by atoms with van der Waals surface area (Å²) in [6.45, 7) is 19.8. The quantitative estimate of drug-likeness (QED) is 0.235. The van der Waals surface area contributed by atoms with Gasteiger partial charge in [0.05, 0.1) is 24.0 Å². The van der Waals surface area contributed by atoms with Gasteiger partial charge in [0.2, 0.25) is 0 Å². The highest BCUT2D eigenvalue weighted by molar-refractivity contribution is 5.78. The molecule has 8 unspecified atom stereocenters. The molecule has 0 aliphatic heterocycles. The van der Waals surface area contributed by atoms with Crippen LogP contribution in [0, 0.1) is 69.0 Å². The molecule has 0 amide bonds. The van der Waals surface area contributed by atoms with Crippen molar-refractivity contribution in [1.82, 2.24) is 0 Å². The molecule has 0 aromatic carbocycles. The van der Waals surface area contributed by atoms with Gasteiger partial charge in [0.15, 0.2) is 0 Å². The van der Waals surface area contributed by atoms with Gasteiger partial charge in [-0.3, -0.25) is 9.59 Å². The van der Waals surface area contributed by atoms with E-state index in [0.29, 0.717) is 60.6 Å². The third-order valence-corrected chi connectivity index (χ3v) is 17.0. The van der Waals surface area contributed by atoms with Crippen molar-refractivity contribution in [1.29, 1.82) is 0 Å². The van der Waals surface area contributed by atoms with E-state index in [9.17, 15) is 9.59 Å². The Morgan fingerprint density at radius 2 is 1.00 bits per heavy atom. The minimum Gasteiger partial charge on any atom is -0.465 e. The van der Waals surface area contributed by atoms with Crippen LogP contribution in [0.4, 0.5) is 0 Å². The van der Waals surface area contributed by atoms with Crippen LogP contribution in [0.15, 0.2) is 46.6 Å². The second kappa shape index (κ2) is 14.5. The van der Waals surface area contributed by atoms with Crippen LogP contribution in [0.3, 0.4) is 0 Å². The van der Waals surface area contributed by atoms with Gasteiger partial charge in [0.25, 0.3) is 0 Å². The zero-order chi connectivity index (χ0) is 37.1. The minimum absolute atomic E-state index is 0.0487. The largest absolute Gasteiger partial charge is 0.465 e. The summed E-state index contributed by atoms with van der Waals surface area (Å²) in [4.78, 5) is 28.0. The van der Waals surface area contributed by atoms with Crippen molar-refractivity contribution in [3.05, 3.63) is 46.6 Å². The van der Waals surface area contributed by atoms with E-state index in [1.54, 1.807) is 22.3 Å². The Hall–Kier alpha value is -2.10. The number of hydrogen-bond acceptors (Lipinski definition) is 4. The Bertz CT molecular complexity index is 1390. The third kappa shape index (κ3) is 6.65. The molecular weight excluding hydrogens is 641 g/mol. The summed E-state index contributed by atoms with van der Waals surface area (Å²) < 4.78 is 12.6. The first-order chi connectivity index (χ1) is 24.7. The van der Waals surface area contributed by atoms with Crippen molar-refractivity contribution in [3.63, 3.8) is 0 Å². The summed E-state index contributed by atoms with van der Waals surface area (Å²) in [6, 6.07) is 0. The van der Waals surface area contributed by atoms with Gasteiger partial charge in [0, 0.05) is 0 Å². The fourth-order valence-corrected chi connectivity index (χ4v) is 13.5. The Balaban J connectivity index is 0.904. The molecule has 52 heavy (non-hydrogen) atoms. The summed E-state index contributed by atoms with van der Waals surface area (Å²) in [5, 5.41) is 0. The van der Waals surface area contributed by atoms with E-state index in [1.165, 1.54) is 38.5 Å². The average molecular weight is 713 g/mol. The van der Waals surface area contributed by atoms with Crippen LogP contribution in [0.25, 0.3) is 0 Å². The lowest BCUT2D eigenvalue weighted by molar-refractivity contribution is -0.173. The molecule has 288 valence electrons. The van der Waals surface area contributed by atoms with Crippen LogP contribution >= 0.6 is 0 Å². The van der Waals surface area contributed by atoms with Crippen LogP contribution < -0.4 is 0 Å². The summed E-state index contributed by atoms with van der Waals surface area (Å²) >= 11 is 0. The van der Waals surface area contributed by atoms with Crippen LogP contribution in [0.1, 0.15) is 158 Å². The molecule has 0 heterocycles. The average Bonchev–Trinajstić information content (AvgIpc) is 3.12. The maximum absolute atomic E-state index is 14.0. The number of hydrogen-bond donors (Lipinski definition) is 0. The van der Waals surface area contributed by atoms with Crippen molar-refractivity contribution < 1.29 is 19.1 Å². The smallest absolute Gasteiger partial charge is 0.312 e. The van der Waals surface area contributed by atoms with Gasteiger partial charge in [-0.2, -0.15) is 0 Å². The van der Waals surface area contributed by atoms with Gasteiger partial charge in [-0.15, -0.1) is 0 Å². The van der Waals surface area contributed by atoms with E-state index in [2.05, 4.69) is 79.7 Å². The van der Waals surface area contributed by atoms with Crippen molar-refractivity contribution >= 4 is 11.9 Å². The van der Waals surface area contributed by atoms with Gasteiger partial charge >= 0.3 is 11.9 Å². The highest BCUT2D eigenvalue weighted by atomic mass is 16.5. The van der Waals surface area contributed by atoms with Crippen LogP contribution in [0.2, 0.25) is 0 Å². The summed E-state index contributed by atoms with van der Waals surface area (Å²) in [6.07, 6.45) is 27.5. The van der Waals surface area contributed by atoms with Crippen LogP contribution in [-0.2, 0) is 19.1 Å². The standard InChI is InChI=1S/C48H72O4/c1-31(2)35-15-19-39-37(27-35)17-21-41-45(39,5)23-9-25-47(41,7)43(49)51-29-33-11-13-34(14-12-33)30-52-44(50)48(8)26-10-24-46(6)40-20-16-36(32(3)4)28-38(40)18-22-42(46)48/h17-18,27-28,31-34,39-42H,9-16,19-26,29-30H2,1-8H3. The highest BCUT2D eigenvalue weighted by Crippen LogP contribution is 2.64. The minimum atomic E-state index is -0.409. The molecule has 7 rings (SSSR count). The van der Waals surface area contributed by atoms with E-state index in [-0.39, 0.29) is 22.8 Å².